The van der Waals surface area contributed by atoms with E-state index in [1.165, 1.54) is 6.92 Å². The molecular weight excluding hydrogens is 268 g/mol. The van der Waals surface area contributed by atoms with E-state index in [0.717, 1.165) is 12.8 Å². The predicted molar refractivity (Wildman–Crippen MR) is 76.8 cm³/mol. The van der Waals surface area contributed by atoms with Gasteiger partial charge in [0.2, 0.25) is 0 Å². The standard InChI is InChI=1S/C16H18N2O3/c1-11(19)13-5-3-4-6-14(13)21-9-15(20)18-16(2,10-17)12-7-8-12/h3-6,12H,7-9H2,1-2H3,(H,18,20). The van der Waals surface area contributed by atoms with Crippen molar-refractivity contribution in [3.8, 4) is 11.8 Å². The number of hydrogen-bond acceptors (Lipinski definition) is 4. The third kappa shape index (κ3) is 3.60. The summed E-state index contributed by atoms with van der Waals surface area (Å²) in [5.41, 5.74) is -0.392. The number of ether oxygens (including phenoxy) is 1. The van der Waals surface area contributed by atoms with E-state index in [1.807, 2.05) is 0 Å². The normalized spacial score (nSPS) is 16.4. The monoisotopic (exact) mass is 286 g/mol. The summed E-state index contributed by atoms with van der Waals surface area (Å²) in [7, 11) is 0. The van der Waals surface area contributed by atoms with Crippen molar-refractivity contribution in [1.82, 2.24) is 5.32 Å². The lowest BCUT2D eigenvalue weighted by Gasteiger charge is -2.22. The first-order valence-corrected chi connectivity index (χ1v) is 6.91. The van der Waals surface area contributed by atoms with Gasteiger partial charge in [0.05, 0.1) is 11.6 Å². The van der Waals surface area contributed by atoms with Crippen molar-refractivity contribution in [2.24, 2.45) is 5.92 Å². The molecule has 1 saturated carbocycles. The second-order valence-electron chi connectivity index (χ2n) is 5.48. The van der Waals surface area contributed by atoms with Crippen LogP contribution in [-0.2, 0) is 4.79 Å². The molecule has 110 valence electrons. The Morgan fingerprint density at radius 1 is 1.43 bits per heavy atom. The highest BCUT2D eigenvalue weighted by molar-refractivity contribution is 5.96. The van der Waals surface area contributed by atoms with Crippen LogP contribution in [0.3, 0.4) is 0 Å². The van der Waals surface area contributed by atoms with Crippen LogP contribution in [0, 0.1) is 17.2 Å². The van der Waals surface area contributed by atoms with Gasteiger partial charge in [0, 0.05) is 0 Å². The Bertz CT molecular complexity index is 602. The molecule has 1 amide bonds. The van der Waals surface area contributed by atoms with Gasteiger partial charge in [-0.2, -0.15) is 5.26 Å². The van der Waals surface area contributed by atoms with Crippen molar-refractivity contribution in [3.63, 3.8) is 0 Å². The molecule has 5 nitrogen and oxygen atoms in total. The summed E-state index contributed by atoms with van der Waals surface area (Å²) < 4.78 is 5.41. The molecule has 0 heterocycles. The van der Waals surface area contributed by atoms with Crippen molar-refractivity contribution in [1.29, 1.82) is 5.26 Å². The molecule has 0 bridgehead atoms. The molecule has 1 aromatic carbocycles. The van der Waals surface area contributed by atoms with Crippen molar-refractivity contribution < 1.29 is 14.3 Å². The maximum atomic E-state index is 11.9. The average molecular weight is 286 g/mol. The summed E-state index contributed by atoms with van der Waals surface area (Å²) in [6, 6.07) is 8.94. The summed E-state index contributed by atoms with van der Waals surface area (Å²) >= 11 is 0. The zero-order valence-electron chi connectivity index (χ0n) is 12.2. The fraction of sp³-hybridized carbons (Fsp3) is 0.438. The highest BCUT2D eigenvalue weighted by atomic mass is 16.5. The number of nitrogens with zero attached hydrogens (tertiary/aromatic N) is 1. The topological polar surface area (TPSA) is 79.2 Å². The number of amides is 1. The van der Waals surface area contributed by atoms with E-state index >= 15 is 0 Å². The minimum absolute atomic E-state index is 0.120. The molecule has 0 radical (unpaired) electrons. The maximum absolute atomic E-state index is 11.9. The molecule has 1 fully saturated rings. The zero-order chi connectivity index (χ0) is 15.5. The molecule has 1 atom stereocenters. The molecule has 0 aromatic heterocycles. The number of carbonyl (C=O) groups is 2. The van der Waals surface area contributed by atoms with Gasteiger partial charge in [-0.05, 0) is 44.7 Å². The summed E-state index contributed by atoms with van der Waals surface area (Å²) in [4.78, 5) is 23.4. The molecule has 0 saturated heterocycles. The minimum Gasteiger partial charge on any atom is -0.483 e. The van der Waals surface area contributed by atoms with Crippen LogP contribution in [0.25, 0.3) is 0 Å². The fourth-order valence-electron chi connectivity index (χ4n) is 2.23. The Hall–Kier alpha value is -2.35. The molecule has 1 N–H and O–H groups in total. The van der Waals surface area contributed by atoms with Crippen LogP contribution in [0.2, 0.25) is 0 Å². The highest BCUT2D eigenvalue weighted by Crippen LogP contribution is 2.39. The average Bonchev–Trinajstić information content (AvgIpc) is 3.30. The van der Waals surface area contributed by atoms with Crippen molar-refractivity contribution in [2.75, 3.05) is 6.61 Å². The molecule has 5 heteroatoms. The van der Waals surface area contributed by atoms with Crippen LogP contribution < -0.4 is 10.1 Å². The number of benzene rings is 1. The number of ketones is 1. The second-order valence-corrected chi connectivity index (χ2v) is 5.48. The Morgan fingerprint density at radius 3 is 2.67 bits per heavy atom. The number of nitriles is 1. The summed E-state index contributed by atoms with van der Waals surface area (Å²) in [5, 5.41) is 11.9. The van der Waals surface area contributed by atoms with Crippen molar-refractivity contribution >= 4 is 11.7 Å². The third-order valence-electron chi connectivity index (χ3n) is 3.65. The van der Waals surface area contributed by atoms with Gasteiger partial charge >= 0.3 is 0 Å². The van der Waals surface area contributed by atoms with Crippen LogP contribution in [-0.4, -0.2) is 23.8 Å². The second kappa shape index (κ2) is 5.96. The highest BCUT2D eigenvalue weighted by Gasteiger charge is 2.43. The minimum atomic E-state index is -0.833. The maximum Gasteiger partial charge on any atom is 0.259 e. The first-order chi connectivity index (χ1) is 9.96. The molecule has 1 aliphatic carbocycles. The van der Waals surface area contributed by atoms with E-state index in [9.17, 15) is 14.9 Å². The van der Waals surface area contributed by atoms with Gasteiger partial charge in [-0.25, -0.2) is 0 Å². The molecular formula is C16H18N2O3. The Labute approximate surface area is 123 Å². The quantitative estimate of drug-likeness (QED) is 0.812. The van der Waals surface area contributed by atoms with E-state index in [0.29, 0.717) is 11.3 Å². The molecule has 0 spiro atoms. The van der Waals surface area contributed by atoms with Crippen LogP contribution in [0.4, 0.5) is 0 Å². The van der Waals surface area contributed by atoms with Crippen LogP contribution in [0.15, 0.2) is 24.3 Å². The lowest BCUT2D eigenvalue weighted by Crippen LogP contribution is -2.48. The van der Waals surface area contributed by atoms with Crippen LogP contribution in [0.1, 0.15) is 37.0 Å². The van der Waals surface area contributed by atoms with E-state index in [4.69, 9.17) is 4.74 Å². The summed E-state index contributed by atoms with van der Waals surface area (Å²) in [5.74, 6) is 0.122. The Kier molecular flexibility index (Phi) is 4.27. The van der Waals surface area contributed by atoms with E-state index in [2.05, 4.69) is 11.4 Å². The lowest BCUT2D eigenvalue weighted by molar-refractivity contribution is -0.124. The first kappa shape index (κ1) is 15.0. The van der Waals surface area contributed by atoms with E-state index in [1.54, 1.807) is 31.2 Å². The van der Waals surface area contributed by atoms with Gasteiger partial charge in [-0.1, -0.05) is 12.1 Å². The lowest BCUT2D eigenvalue weighted by atomic mass is 9.98. The summed E-state index contributed by atoms with van der Waals surface area (Å²) in [6.07, 6.45) is 1.91. The molecule has 2 rings (SSSR count). The number of Topliss-reactive ketones (excluding diaryl/α,β-unsaturated/α-hetero) is 1. The smallest absolute Gasteiger partial charge is 0.259 e. The number of hydrogen-bond donors (Lipinski definition) is 1. The van der Waals surface area contributed by atoms with Gasteiger partial charge in [0.25, 0.3) is 5.91 Å². The van der Waals surface area contributed by atoms with Gasteiger partial charge in [0.1, 0.15) is 11.3 Å². The number of para-hydroxylation sites is 1. The Balaban J connectivity index is 1.96. The van der Waals surface area contributed by atoms with Gasteiger partial charge in [-0.15, -0.1) is 0 Å². The molecule has 1 aromatic rings. The van der Waals surface area contributed by atoms with Gasteiger partial charge in [0.15, 0.2) is 12.4 Å². The number of rotatable bonds is 6. The van der Waals surface area contributed by atoms with Gasteiger partial charge < -0.3 is 10.1 Å². The van der Waals surface area contributed by atoms with Gasteiger partial charge in [-0.3, -0.25) is 9.59 Å². The third-order valence-corrected chi connectivity index (χ3v) is 3.65. The van der Waals surface area contributed by atoms with Crippen molar-refractivity contribution in [3.05, 3.63) is 29.8 Å². The summed E-state index contributed by atoms with van der Waals surface area (Å²) in [6.45, 7) is 2.96. The van der Waals surface area contributed by atoms with E-state index in [-0.39, 0.29) is 24.2 Å². The number of carbonyl (C=O) groups excluding carboxylic acids is 2. The molecule has 21 heavy (non-hydrogen) atoms. The molecule has 1 aliphatic rings. The number of nitrogens with one attached hydrogen (secondary N) is 1. The van der Waals surface area contributed by atoms with E-state index < -0.39 is 5.54 Å². The SMILES string of the molecule is CC(=O)c1ccccc1OCC(=O)NC(C)(C#N)C1CC1. The molecule has 0 aliphatic heterocycles. The van der Waals surface area contributed by atoms with Crippen LogP contribution in [0.5, 0.6) is 5.75 Å². The Morgan fingerprint density at radius 2 is 2.10 bits per heavy atom. The first-order valence-electron chi connectivity index (χ1n) is 6.91. The zero-order valence-corrected chi connectivity index (χ0v) is 12.2. The van der Waals surface area contributed by atoms with Crippen LogP contribution >= 0.6 is 0 Å². The molecule has 1 unspecified atom stereocenters. The largest absolute Gasteiger partial charge is 0.483 e. The fourth-order valence-corrected chi connectivity index (χ4v) is 2.23. The predicted octanol–water partition coefficient (Wildman–Crippen LogP) is 2.08. The van der Waals surface area contributed by atoms with Crippen molar-refractivity contribution in [2.45, 2.75) is 32.2 Å².